The second kappa shape index (κ2) is 10.8. The third-order valence-electron chi connectivity index (χ3n) is 8.73. The molecule has 5 aliphatic heterocycles. The monoisotopic (exact) mass is 600 g/mol. The Labute approximate surface area is 250 Å². The molecule has 14 heteroatoms. The number of hydrogen-bond acceptors (Lipinski definition) is 9. The van der Waals surface area contributed by atoms with Crippen molar-refractivity contribution in [3.05, 3.63) is 69.8 Å². The summed E-state index contributed by atoms with van der Waals surface area (Å²) in [6.45, 7) is 0.794. The number of likely N-dealkylation sites (N-methyl/N-ethyl adjacent to an activating group) is 1. The van der Waals surface area contributed by atoms with Crippen molar-refractivity contribution in [3.63, 3.8) is 0 Å². The van der Waals surface area contributed by atoms with Gasteiger partial charge in [-0.2, -0.15) is 0 Å². The third kappa shape index (κ3) is 4.63. The van der Waals surface area contributed by atoms with Crippen molar-refractivity contribution in [1.29, 1.82) is 0 Å². The second-order valence-corrected chi connectivity index (χ2v) is 11.3. The van der Waals surface area contributed by atoms with Crippen LogP contribution in [0, 0.1) is 0 Å². The van der Waals surface area contributed by atoms with E-state index < -0.39 is 29.8 Å². The molecule has 3 fully saturated rings. The summed E-state index contributed by atoms with van der Waals surface area (Å²) in [4.78, 5) is 99.6. The van der Waals surface area contributed by atoms with E-state index in [1.807, 2.05) is 7.05 Å². The molecule has 44 heavy (non-hydrogen) atoms. The highest BCUT2D eigenvalue weighted by molar-refractivity contribution is 6.22. The fourth-order valence-electron chi connectivity index (χ4n) is 6.35. The van der Waals surface area contributed by atoms with Crippen LogP contribution in [0.15, 0.2) is 36.4 Å². The van der Waals surface area contributed by atoms with Crippen LogP contribution in [0.3, 0.4) is 0 Å². The summed E-state index contributed by atoms with van der Waals surface area (Å²) in [5.41, 5.74) is 1.73. The normalized spacial score (nSPS) is 24.8. The zero-order chi connectivity index (χ0) is 31.4. The van der Waals surface area contributed by atoms with Crippen LogP contribution >= 0.6 is 0 Å². The highest BCUT2D eigenvalue weighted by atomic mass is 16.2. The van der Waals surface area contributed by atoms with E-state index in [9.17, 15) is 38.4 Å². The summed E-state index contributed by atoms with van der Waals surface area (Å²) in [5, 5.41) is 8.19. The Balaban J connectivity index is 0.000000205. The number of carbonyl (C=O) groups is 8. The zero-order valence-corrected chi connectivity index (χ0v) is 23.8. The van der Waals surface area contributed by atoms with E-state index in [1.54, 1.807) is 9.80 Å². The minimum atomic E-state index is -0.557. The molecule has 2 aromatic carbocycles. The number of imide groups is 2. The molecule has 226 valence electrons. The molecule has 14 nitrogen and oxygen atoms in total. The van der Waals surface area contributed by atoms with Crippen LogP contribution in [-0.4, -0.2) is 114 Å². The summed E-state index contributed by atoms with van der Waals surface area (Å²) < 4.78 is 0. The van der Waals surface area contributed by atoms with E-state index in [2.05, 4.69) is 16.0 Å². The van der Waals surface area contributed by atoms with Crippen LogP contribution in [0.5, 0.6) is 0 Å². The highest BCUT2D eigenvalue weighted by Crippen LogP contribution is 2.32. The van der Waals surface area contributed by atoms with Crippen molar-refractivity contribution in [2.75, 3.05) is 27.2 Å². The van der Waals surface area contributed by atoms with Gasteiger partial charge < -0.3 is 20.4 Å². The number of carbonyl (C=O) groups excluding carboxylic acids is 8. The van der Waals surface area contributed by atoms with Gasteiger partial charge in [0.15, 0.2) is 0 Å². The number of rotatable bonds is 4. The molecule has 5 heterocycles. The predicted molar refractivity (Wildman–Crippen MR) is 151 cm³/mol. The molecular formula is C30H28N6O8. The maximum atomic E-state index is 12.9. The van der Waals surface area contributed by atoms with E-state index in [4.69, 9.17) is 0 Å². The first kappa shape index (κ1) is 28.9. The van der Waals surface area contributed by atoms with Gasteiger partial charge in [-0.15, -0.1) is 0 Å². The number of nitrogens with zero attached hydrogens (tertiary/aromatic N) is 3. The SMILES string of the molecule is CN1C(=O)c2ccc(C=O)cc2C1=O.CNC1CC2C(=O)N3CC(NC(=O)c4ccc5c(c4)C(=O)NC5=O)CC3C(=O)N2C1. The van der Waals surface area contributed by atoms with Gasteiger partial charge in [0.1, 0.15) is 18.4 Å². The highest BCUT2D eigenvalue weighted by Gasteiger charge is 2.53. The number of nitrogens with one attached hydrogen (secondary N) is 3. The van der Waals surface area contributed by atoms with Gasteiger partial charge in [-0.05, 0) is 50.2 Å². The Morgan fingerprint density at radius 1 is 0.795 bits per heavy atom. The van der Waals surface area contributed by atoms with Crippen LogP contribution in [0.2, 0.25) is 0 Å². The van der Waals surface area contributed by atoms with Crippen LogP contribution in [0.25, 0.3) is 0 Å². The van der Waals surface area contributed by atoms with Crippen LogP contribution in [0.4, 0.5) is 0 Å². The number of benzene rings is 2. The standard InChI is InChI=1S/C20H21N5O5.C10H7NO3/c1-21-10-5-14-19(29)25-8-11(6-15(25)20(30)24(14)7-10)22-16(26)9-2-3-12-13(4-9)18(28)23-17(12)27;1-11-9(13)7-3-2-6(5-12)4-8(7)10(11)14/h2-4,10-11,14-15,21H,5-8H2,1H3,(H,22,26)(H,23,27,28);2-5H,1H3. The maximum absolute atomic E-state index is 12.9. The minimum Gasteiger partial charge on any atom is -0.347 e. The zero-order valence-electron chi connectivity index (χ0n) is 23.8. The summed E-state index contributed by atoms with van der Waals surface area (Å²) in [7, 11) is 3.24. The topological polar surface area (TPSA) is 182 Å². The lowest BCUT2D eigenvalue weighted by atomic mass is 10.0. The predicted octanol–water partition coefficient (Wildman–Crippen LogP) is -0.803. The van der Waals surface area contributed by atoms with Gasteiger partial charge >= 0.3 is 0 Å². The Kier molecular flexibility index (Phi) is 7.08. The number of aldehydes is 1. The van der Waals surface area contributed by atoms with Gasteiger partial charge in [0.25, 0.3) is 29.5 Å². The lowest BCUT2D eigenvalue weighted by Gasteiger charge is -2.38. The lowest BCUT2D eigenvalue weighted by molar-refractivity contribution is -0.156. The molecule has 3 N–H and O–H groups in total. The number of piperazine rings is 1. The van der Waals surface area contributed by atoms with Crippen LogP contribution in [-0.2, 0) is 9.59 Å². The van der Waals surface area contributed by atoms with E-state index in [-0.39, 0.29) is 58.9 Å². The number of amides is 7. The van der Waals surface area contributed by atoms with Crippen LogP contribution in [0.1, 0.15) is 75.0 Å². The lowest BCUT2D eigenvalue weighted by Crippen LogP contribution is -2.60. The average molecular weight is 601 g/mol. The molecule has 0 bridgehead atoms. The molecule has 4 unspecified atom stereocenters. The minimum absolute atomic E-state index is 0.0678. The molecule has 0 aromatic heterocycles. The third-order valence-corrected chi connectivity index (χ3v) is 8.73. The molecule has 3 saturated heterocycles. The van der Waals surface area contributed by atoms with Crippen molar-refractivity contribution in [2.24, 2.45) is 0 Å². The molecule has 0 radical (unpaired) electrons. The average Bonchev–Trinajstić information content (AvgIpc) is 3.78. The largest absolute Gasteiger partial charge is 0.347 e. The Morgan fingerprint density at radius 2 is 1.39 bits per heavy atom. The van der Waals surface area contributed by atoms with E-state index in [0.29, 0.717) is 42.4 Å². The first-order valence-electron chi connectivity index (χ1n) is 14.0. The molecule has 4 atom stereocenters. The molecule has 0 aliphatic carbocycles. The number of hydrogen-bond donors (Lipinski definition) is 3. The summed E-state index contributed by atoms with van der Waals surface area (Å²) >= 11 is 0. The summed E-state index contributed by atoms with van der Waals surface area (Å²) in [5.74, 6) is -2.22. The van der Waals surface area contributed by atoms with Crippen molar-refractivity contribution >= 4 is 47.6 Å². The molecule has 2 aromatic rings. The maximum Gasteiger partial charge on any atom is 0.261 e. The quantitative estimate of drug-likeness (QED) is 0.299. The van der Waals surface area contributed by atoms with Crippen molar-refractivity contribution in [3.8, 4) is 0 Å². The second-order valence-electron chi connectivity index (χ2n) is 11.3. The molecule has 0 spiro atoms. The first-order chi connectivity index (χ1) is 21.0. The summed E-state index contributed by atoms with van der Waals surface area (Å²) in [6.07, 6.45) is 1.60. The fraction of sp³-hybridized carbons (Fsp3) is 0.333. The first-order valence-corrected chi connectivity index (χ1v) is 14.0. The molecule has 5 aliphatic rings. The van der Waals surface area contributed by atoms with Gasteiger partial charge in [0.2, 0.25) is 11.8 Å². The van der Waals surface area contributed by atoms with Gasteiger partial charge in [-0.25, -0.2) is 0 Å². The van der Waals surface area contributed by atoms with Crippen molar-refractivity contribution < 1.29 is 38.4 Å². The van der Waals surface area contributed by atoms with Crippen molar-refractivity contribution in [1.82, 2.24) is 30.7 Å². The molecule has 7 amide bonds. The van der Waals surface area contributed by atoms with E-state index in [1.165, 1.54) is 43.4 Å². The van der Waals surface area contributed by atoms with Gasteiger partial charge in [-0.1, -0.05) is 6.07 Å². The van der Waals surface area contributed by atoms with Crippen molar-refractivity contribution in [2.45, 2.75) is 37.0 Å². The van der Waals surface area contributed by atoms with Gasteiger partial charge in [-0.3, -0.25) is 48.6 Å². The van der Waals surface area contributed by atoms with Gasteiger partial charge in [0, 0.05) is 43.3 Å². The Hall–Kier alpha value is -5.24. The van der Waals surface area contributed by atoms with E-state index >= 15 is 0 Å². The Morgan fingerprint density at radius 3 is 2.05 bits per heavy atom. The van der Waals surface area contributed by atoms with E-state index in [0.717, 1.165) is 4.90 Å². The number of fused-ring (bicyclic) bond motifs is 4. The Bertz CT molecular complexity index is 1660. The molecule has 0 saturated carbocycles. The summed E-state index contributed by atoms with van der Waals surface area (Å²) in [6, 6.07) is 7.54. The molecule has 7 rings (SSSR count). The smallest absolute Gasteiger partial charge is 0.261 e. The fourth-order valence-corrected chi connectivity index (χ4v) is 6.35. The molecular weight excluding hydrogens is 572 g/mol. The van der Waals surface area contributed by atoms with Crippen LogP contribution < -0.4 is 16.0 Å². The van der Waals surface area contributed by atoms with Gasteiger partial charge in [0.05, 0.1) is 22.3 Å².